The lowest BCUT2D eigenvalue weighted by atomic mass is 10.0. The Balaban J connectivity index is 2.53. The smallest absolute Gasteiger partial charge is 0.359 e. The normalized spacial score (nSPS) is 10.6. The zero-order valence-corrected chi connectivity index (χ0v) is 12.3. The van der Waals surface area contributed by atoms with Gasteiger partial charge in [-0.05, 0) is 32.4 Å². The zero-order chi connectivity index (χ0) is 14.7. The second-order valence-electron chi connectivity index (χ2n) is 4.56. The standard InChI is InChI=1S/C15H19N3O2/c1-5-12-13(15(19)20-6-2)17-18(4)14(12)11-8-7-10(3)16-9-11/h7-9H,5-6H2,1-4H3. The summed E-state index contributed by atoms with van der Waals surface area (Å²) >= 11 is 0. The Morgan fingerprint density at radius 1 is 1.35 bits per heavy atom. The average molecular weight is 273 g/mol. The number of pyridine rings is 1. The Hall–Kier alpha value is -2.17. The van der Waals surface area contributed by atoms with Crippen LogP contribution in [-0.4, -0.2) is 27.3 Å². The summed E-state index contributed by atoms with van der Waals surface area (Å²) in [7, 11) is 1.83. The summed E-state index contributed by atoms with van der Waals surface area (Å²) in [6, 6.07) is 3.94. The maximum absolute atomic E-state index is 12.0. The molecule has 0 unspecified atom stereocenters. The molecule has 5 heteroatoms. The van der Waals surface area contributed by atoms with Crippen molar-refractivity contribution in [3.63, 3.8) is 0 Å². The van der Waals surface area contributed by atoms with Crippen LogP contribution in [-0.2, 0) is 18.2 Å². The summed E-state index contributed by atoms with van der Waals surface area (Å²) in [5, 5.41) is 4.31. The first kappa shape index (κ1) is 14.2. The Morgan fingerprint density at radius 3 is 2.65 bits per heavy atom. The topological polar surface area (TPSA) is 57.0 Å². The van der Waals surface area contributed by atoms with E-state index in [-0.39, 0.29) is 5.97 Å². The van der Waals surface area contributed by atoms with Crippen LogP contribution in [0.3, 0.4) is 0 Å². The van der Waals surface area contributed by atoms with Crippen molar-refractivity contribution in [3.05, 3.63) is 35.3 Å². The molecular formula is C15H19N3O2. The van der Waals surface area contributed by atoms with Gasteiger partial charge in [-0.3, -0.25) is 9.67 Å². The molecule has 0 fully saturated rings. The van der Waals surface area contributed by atoms with E-state index < -0.39 is 0 Å². The number of aromatic nitrogens is 3. The fourth-order valence-corrected chi connectivity index (χ4v) is 2.24. The van der Waals surface area contributed by atoms with Crippen molar-refractivity contribution in [1.29, 1.82) is 0 Å². The maximum Gasteiger partial charge on any atom is 0.359 e. The van der Waals surface area contributed by atoms with Crippen LogP contribution in [0.15, 0.2) is 18.3 Å². The molecule has 5 nitrogen and oxygen atoms in total. The van der Waals surface area contributed by atoms with Gasteiger partial charge < -0.3 is 4.74 Å². The fraction of sp³-hybridized carbons (Fsp3) is 0.400. The molecule has 0 aliphatic carbocycles. The van der Waals surface area contributed by atoms with Gasteiger partial charge in [0, 0.05) is 30.1 Å². The van der Waals surface area contributed by atoms with E-state index in [1.54, 1.807) is 17.8 Å². The summed E-state index contributed by atoms with van der Waals surface area (Å²) in [5.74, 6) is -0.369. The summed E-state index contributed by atoms with van der Waals surface area (Å²) in [6.07, 6.45) is 2.52. The molecular weight excluding hydrogens is 254 g/mol. The molecule has 0 spiro atoms. The van der Waals surface area contributed by atoms with Crippen LogP contribution >= 0.6 is 0 Å². The van der Waals surface area contributed by atoms with E-state index in [0.717, 1.165) is 22.5 Å². The molecule has 106 valence electrons. The maximum atomic E-state index is 12.0. The fourth-order valence-electron chi connectivity index (χ4n) is 2.24. The Labute approximate surface area is 118 Å². The molecule has 0 N–H and O–H groups in total. The molecule has 0 radical (unpaired) electrons. The molecule has 0 aliphatic heterocycles. The third-order valence-electron chi connectivity index (χ3n) is 3.15. The van der Waals surface area contributed by atoms with Gasteiger partial charge in [-0.15, -0.1) is 0 Å². The number of ether oxygens (including phenoxy) is 1. The van der Waals surface area contributed by atoms with Gasteiger partial charge in [-0.1, -0.05) is 6.92 Å². The molecule has 20 heavy (non-hydrogen) atoms. The second kappa shape index (κ2) is 5.86. The molecule has 0 bridgehead atoms. The number of hydrogen-bond donors (Lipinski definition) is 0. The van der Waals surface area contributed by atoms with Crippen molar-refractivity contribution >= 4 is 5.97 Å². The highest BCUT2D eigenvalue weighted by molar-refractivity contribution is 5.91. The van der Waals surface area contributed by atoms with Gasteiger partial charge in [-0.2, -0.15) is 5.10 Å². The largest absolute Gasteiger partial charge is 0.461 e. The Bertz CT molecular complexity index is 615. The van der Waals surface area contributed by atoms with Crippen LogP contribution in [0.25, 0.3) is 11.3 Å². The number of esters is 1. The minimum atomic E-state index is -0.369. The van der Waals surface area contributed by atoms with Gasteiger partial charge >= 0.3 is 5.97 Å². The van der Waals surface area contributed by atoms with Gasteiger partial charge in [-0.25, -0.2) is 4.79 Å². The molecule has 0 amide bonds. The molecule has 2 aromatic rings. The quantitative estimate of drug-likeness (QED) is 0.803. The second-order valence-corrected chi connectivity index (χ2v) is 4.56. The number of rotatable bonds is 4. The highest BCUT2D eigenvalue weighted by atomic mass is 16.5. The number of carbonyl (C=O) groups is 1. The molecule has 0 aromatic carbocycles. The summed E-state index contributed by atoms with van der Waals surface area (Å²) in [4.78, 5) is 16.3. The molecule has 0 atom stereocenters. The van der Waals surface area contributed by atoms with E-state index in [2.05, 4.69) is 10.1 Å². The van der Waals surface area contributed by atoms with Gasteiger partial charge in [0.15, 0.2) is 5.69 Å². The van der Waals surface area contributed by atoms with Crippen LogP contribution < -0.4 is 0 Å². The lowest BCUT2D eigenvalue weighted by Crippen LogP contribution is -2.08. The van der Waals surface area contributed by atoms with Crippen LogP contribution in [0.5, 0.6) is 0 Å². The number of nitrogens with zero attached hydrogens (tertiary/aromatic N) is 3. The van der Waals surface area contributed by atoms with Gasteiger partial charge in [0.2, 0.25) is 0 Å². The first-order chi connectivity index (χ1) is 9.58. The molecule has 0 saturated heterocycles. The average Bonchev–Trinajstić information content (AvgIpc) is 2.77. The van der Waals surface area contributed by atoms with Crippen molar-refractivity contribution in [2.45, 2.75) is 27.2 Å². The molecule has 2 heterocycles. The Morgan fingerprint density at radius 2 is 2.10 bits per heavy atom. The van der Waals surface area contributed by atoms with Crippen molar-refractivity contribution in [1.82, 2.24) is 14.8 Å². The predicted octanol–water partition coefficient (Wildman–Crippen LogP) is 2.53. The molecule has 2 aromatic heterocycles. The van der Waals surface area contributed by atoms with Crippen LogP contribution in [0.1, 0.15) is 35.6 Å². The van der Waals surface area contributed by atoms with Crippen LogP contribution in [0.2, 0.25) is 0 Å². The van der Waals surface area contributed by atoms with Crippen molar-refractivity contribution in [2.24, 2.45) is 7.05 Å². The van der Waals surface area contributed by atoms with Gasteiger partial charge in [0.1, 0.15) is 0 Å². The van der Waals surface area contributed by atoms with Crippen molar-refractivity contribution < 1.29 is 9.53 Å². The van der Waals surface area contributed by atoms with E-state index in [0.29, 0.717) is 18.7 Å². The minimum Gasteiger partial charge on any atom is -0.461 e. The van der Waals surface area contributed by atoms with Crippen LogP contribution in [0, 0.1) is 6.92 Å². The molecule has 2 rings (SSSR count). The summed E-state index contributed by atoms with van der Waals surface area (Å²) in [6.45, 7) is 6.08. The predicted molar refractivity (Wildman–Crippen MR) is 76.5 cm³/mol. The third kappa shape index (κ3) is 2.57. The number of carbonyl (C=O) groups excluding carboxylic acids is 1. The van der Waals surface area contributed by atoms with Crippen molar-refractivity contribution in [3.8, 4) is 11.3 Å². The van der Waals surface area contributed by atoms with E-state index in [9.17, 15) is 4.79 Å². The monoisotopic (exact) mass is 273 g/mol. The summed E-state index contributed by atoms with van der Waals surface area (Å²) < 4.78 is 6.78. The zero-order valence-electron chi connectivity index (χ0n) is 12.3. The SMILES string of the molecule is CCOC(=O)c1nn(C)c(-c2ccc(C)nc2)c1CC. The highest BCUT2D eigenvalue weighted by Gasteiger charge is 2.22. The third-order valence-corrected chi connectivity index (χ3v) is 3.15. The Kier molecular flexibility index (Phi) is 4.17. The number of hydrogen-bond acceptors (Lipinski definition) is 4. The summed E-state index contributed by atoms with van der Waals surface area (Å²) in [5.41, 5.74) is 4.13. The van der Waals surface area contributed by atoms with E-state index in [4.69, 9.17) is 4.74 Å². The number of aryl methyl sites for hydroxylation is 2. The first-order valence-electron chi connectivity index (χ1n) is 6.74. The van der Waals surface area contributed by atoms with Gasteiger partial charge in [0.25, 0.3) is 0 Å². The van der Waals surface area contributed by atoms with Gasteiger partial charge in [0.05, 0.1) is 12.3 Å². The van der Waals surface area contributed by atoms with Crippen molar-refractivity contribution in [2.75, 3.05) is 6.61 Å². The van der Waals surface area contributed by atoms with Crippen LogP contribution in [0.4, 0.5) is 0 Å². The minimum absolute atomic E-state index is 0.347. The lowest BCUT2D eigenvalue weighted by molar-refractivity contribution is 0.0517. The lowest BCUT2D eigenvalue weighted by Gasteiger charge is -2.05. The molecule has 0 aliphatic rings. The highest BCUT2D eigenvalue weighted by Crippen LogP contribution is 2.26. The van der Waals surface area contributed by atoms with E-state index in [1.807, 2.05) is 33.0 Å². The molecule has 0 saturated carbocycles. The van der Waals surface area contributed by atoms with E-state index in [1.165, 1.54) is 0 Å². The van der Waals surface area contributed by atoms with E-state index >= 15 is 0 Å². The first-order valence-corrected chi connectivity index (χ1v) is 6.74.